The fourth-order valence-electron chi connectivity index (χ4n) is 0.772. The first-order chi connectivity index (χ1) is 5.72. The minimum atomic E-state index is -0.746. The van der Waals surface area contributed by atoms with Crippen molar-refractivity contribution in [3.8, 4) is 0 Å². The zero-order chi connectivity index (χ0) is 9.40. The van der Waals surface area contributed by atoms with E-state index in [1.807, 2.05) is 13.8 Å². The third-order valence-corrected chi connectivity index (χ3v) is 2.40. The predicted molar refractivity (Wildman–Crippen MR) is 52.7 cm³/mol. The lowest BCUT2D eigenvalue weighted by molar-refractivity contribution is -0.138. The van der Waals surface area contributed by atoms with E-state index in [2.05, 4.69) is 5.32 Å². The lowest BCUT2D eigenvalue weighted by Crippen LogP contribution is -2.39. The number of carbonyl (C=O) groups is 1. The van der Waals surface area contributed by atoms with Gasteiger partial charge in [0.15, 0.2) is 0 Å². The van der Waals surface area contributed by atoms with Gasteiger partial charge in [0.2, 0.25) is 0 Å². The summed E-state index contributed by atoms with van der Waals surface area (Å²) in [4.78, 5) is 10.6. The van der Waals surface area contributed by atoms with Crippen LogP contribution in [0.4, 0.5) is 0 Å². The number of carboxylic acid groups (broad SMARTS) is 1. The maximum absolute atomic E-state index is 10.6. The largest absolute Gasteiger partial charge is 0.480 e. The number of thioether (sulfide) groups is 1. The second kappa shape index (κ2) is 7.43. The summed E-state index contributed by atoms with van der Waals surface area (Å²) < 4.78 is 0. The molecule has 0 bridgehead atoms. The molecule has 12 heavy (non-hydrogen) atoms. The van der Waals surface area contributed by atoms with Crippen molar-refractivity contribution in [1.29, 1.82) is 0 Å². The second-order valence-electron chi connectivity index (χ2n) is 2.50. The maximum Gasteiger partial charge on any atom is 0.321 e. The first-order valence-corrected chi connectivity index (χ1v) is 5.41. The Balaban J connectivity index is 3.62. The number of nitrogens with one attached hydrogen (secondary N) is 1. The van der Waals surface area contributed by atoms with Gasteiger partial charge in [0.25, 0.3) is 0 Å². The van der Waals surface area contributed by atoms with Crippen molar-refractivity contribution < 1.29 is 9.90 Å². The van der Waals surface area contributed by atoms with Crippen LogP contribution in [-0.2, 0) is 4.79 Å². The van der Waals surface area contributed by atoms with Gasteiger partial charge in [-0.2, -0.15) is 11.8 Å². The van der Waals surface area contributed by atoms with Gasteiger partial charge in [-0.15, -0.1) is 0 Å². The quantitative estimate of drug-likeness (QED) is 0.634. The van der Waals surface area contributed by atoms with Crippen LogP contribution >= 0.6 is 11.8 Å². The van der Waals surface area contributed by atoms with E-state index in [1.54, 1.807) is 11.8 Å². The average Bonchev–Trinajstić information content (AvgIpc) is 2.04. The Morgan fingerprint density at radius 2 is 2.25 bits per heavy atom. The summed E-state index contributed by atoms with van der Waals surface area (Å²) in [5.74, 6) is 0.882. The fourth-order valence-corrected chi connectivity index (χ4v) is 1.50. The van der Waals surface area contributed by atoms with Gasteiger partial charge >= 0.3 is 5.97 Å². The van der Waals surface area contributed by atoms with Crippen LogP contribution in [0.2, 0.25) is 0 Å². The van der Waals surface area contributed by atoms with Crippen LogP contribution in [-0.4, -0.2) is 35.2 Å². The maximum atomic E-state index is 10.6. The lowest BCUT2D eigenvalue weighted by Gasteiger charge is -2.12. The summed E-state index contributed by atoms with van der Waals surface area (Å²) in [7, 11) is 0. The zero-order valence-corrected chi connectivity index (χ0v) is 8.49. The number of aliphatic carboxylic acids is 1. The van der Waals surface area contributed by atoms with Gasteiger partial charge in [0.05, 0.1) is 0 Å². The molecule has 0 heterocycles. The first-order valence-electron chi connectivity index (χ1n) is 4.26. The van der Waals surface area contributed by atoms with Crippen molar-refractivity contribution in [2.24, 2.45) is 0 Å². The third kappa shape index (κ3) is 5.43. The third-order valence-electron chi connectivity index (χ3n) is 1.43. The summed E-state index contributed by atoms with van der Waals surface area (Å²) >= 11 is 1.65. The molecule has 0 rings (SSSR count). The molecule has 0 aromatic carbocycles. The van der Waals surface area contributed by atoms with Crippen molar-refractivity contribution in [2.45, 2.75) is 26.3 Å². The van der Waals surface area contributed by atoms with Gasteiger partial charge in [0, 0.05) is 5.75 Å². The molecular weight excluding hydrogens is 174 g/mol. The molecular formula is C8H17NO2S. The topological polar surface area (TPSA) is 49.3 Å². The monoisotopic (exact) mass is 191 g/mol. The highest BCUT2D eigenvalue weighted by atomic mass is 32.2. The Morgan fingerprint density at radius 3 is 2.67 bits per heavy atom. The number of hydrogen-bond acceptors (Lipinski definition) is 3. The fraction of sp³-hybridized carbons (Fsp3) is 0.875. The number of hydrogen-bond donors (Lipinski definition) is 2. The van der Waals surface area contributed by atoms with Gasteiger partial charge in [-0.1, -0.05) is 13.8 Å². The SMILES string of the molecule is CCCNC(CSCC)C(=O)O. The molecule has 0 fully saturated rings. The molecule has 0 aliphatic carbocycles. The van der Waals surface area contributed by atoms with Crippen LogP contribution in [0.1, 0.15) is 20.3 Å². The van der Waals surface area contributed by atoms with Crippen LogP contribution in [0.3, 0.4) is 0 Å². The standard InChI is InChI=1S/C8H17NO2S/c1-3-5-9-7(8(10)11)6-12-4-2/h7,9H,3-6H2,1-2H3,(H,10,11). The van der Waals surface area contributed by atoms with Crippen molar-refractivity contribution in [3.05, 3.63) is 0 Å². The summed E-state index contributed by atoms with van der Waals surface area (Å²) in [6, 6.07) is -0.380. The van der Waals surface area contributed by atoms with E-state index < -0.39 is 5.97 Å². The Hall–Kier alpha value is -0.220. The van der Waals surface area contributed by atoms with E-state index in [0.717, 1.165) is 18.7 Å². The van der Waals surface area contributed by atoms with E-state index >= 15 is 0 Å². The molecule has 0 saturated carbocycles. The molecule has 0 amide bonds. The highest BCUT2D eigenvalue weighted by Gasteiger charge is 2.14. The minimum Gasteiger partial charge on any atom is -0.480 e. The summed E-state index contributed by atoms with van der Waals surface area (Å²) in [5.41, 5.74) is 0. The van der Waals surface area contributed by atoms with Gasteiger partial charge in [-0.05, 0) is 18.7 Å². The molecule has 0 saturated heterocycles. The molecule has 4 heteroatoms. The molecule has 0 aromatic rings. The minimum absolute atomic E-state index is 0.380. The van der Waals surface area contributed by atoms with E-state index in [-0.39, 0.29) is 6.04 Å². The van der Waals surface area contributed by atoms with Crippen LogP contribution in [0.15, 0.2) is 0 Å². The molecule has 0 spiro atoms. The van der Waals surface area contributed by atoms with Crippen LogP contribution < -0.4 is 5.32 Å². The summed E-state index contributed by atoms with van der Waals surface area (Å²) in [5, 5.41) is 11.7. The smallest absolute Gasteiger partial charge is 0.321 e. The van der Waals surface area contributed by atoms with Gasteiger partial charge in [-0.3, -0.25) is 4.79 Å². The Morgan fingerprint density at radius 1 is 1.58 bits per heavy atom. The van der Waals surface area contributed by atoms with E-state index in [1.165, 1.54) is 0 Å². The molecule has 0 aliphatic heterocycles. The molecule has 0 aliphatic rings. The van der Waals surface area contributed by atoms with Crippen LogP contribution in [0.25, 0.3) is 0 Å². The van der Waals surface area contributed by atoms with Gasteiger partial charge in [-0.25, -0.2) is 0 Å². The van der Waals surface area contributed by atoms with Crippen molar-refractivity contribution in [2.75, 3.05) is 18.1 Å². The van der Waals surface area contributed by atoms with E-state index in [0.29, 0.717) is 5.75 Å². The predicted octanol–water partition coefficient (Wildman–Crippen LogP) is 1.19. The highest BCUT2D eigenvalue weighted by molar-refractivity contribution is 7.99. The van der Waals surface area contributed by atoms with E-state index in [4.69, 9.17) is 5.11 Å². The Kier molecular flexibility index (Phi) is 7.29. The summed E-state index contributed by atoms with van der Waals surface area (Å²) in [6.45, 7) is 4.84. The van der Waals surface area contributed by atoms with Crippen molar-refractivity contribution >= 4 is 17.7 Å². The van der Waals surface area contributed by atoms with Crippen LogP contribution in [0.5, 0.6) is 0 Å². The highest BCUT2D eigenvalue weighted by Crippen LogP contribution is 2.01. The van der Waals surface area contributed by atoms with Gasteiger partial charge in [0.1, 0.15) is 6.04 Å². The van der Waals surface area contributed by atoms with Crippen molar-refractivity contribution in [1.82, 2.24) is 5.32 Å². The number of carboxylic acids is 1. The first kappa shape index (κ1) is 11.8. The molecule has 1 atom stereocenters. The zero-order valence-electron chi connectivity index (χ0n) is 7.67. The Labute approximate surface area is 77.9 Å². The van der Waals surface area contributed by atoms with Crippen molar-refractivity contribution in [3.63, 3.8) is 0 Å². The molecule has 0 radical (unpaired) electrons. The molecule has 2 N–H and O–H groups in total. The summed E-state index contributed by atoms with van der Waals surface area (Å²) in [6.07, 6.45) is 0.973. The van der Waals surface area contributed by atoms with Gasteiger partial charge < -0.3 is 10.4 Å². The molecule has 0 aromatic heterocycles. The normalized spacial score (nSPS) is 12.8. The average molecular weight is 191 g/mol. The van der Waals surface area contributed by atoms with Crippen LogP contribution in [0, 0.1) is 0 Å². The lowest BCUT2D eigenvalue weighted by atomic mass is 10.3. The molecule has 72 valence electrons. The molecule has 3 nitrogen and oxygen atoms in total. The van der Waals surface area contributed by atoms with E-state index in [9.17, 15) is 4.79 Å². The Bertz CT molecular complexity index is 122. The molecule has 1 unspecified atom stereocenters. The number of rotatable bonds is 7. The second-order valence-corrected chi connectivity index (χ2v) is 3.82.